The first-order chi connectivity index (χ1) is 14.1. The average molecular weight is 431 g/mol. The molecule has 0 radical (unpaired) electrons. The number of aliphatic hydroxyl groups is 1. The third-order valence-electron chi connectivity index (χ3n) is 4.31. The molecule has 0 bridgehead atoms. The minimum Gasteiger partial charge on any atom is -0.454 e. The van der Waals surface area contributed by atoms with Crippen LogP contribution in [-0.4, -0.2) is 30.3 Å². The molecule has 1 unspecified atom stereocenters. The maximum atomic E-state index is 12.0. The maximum absolute atomic E-state index is 12.0. The van der Waals surface area contributed by atoms with Crippen LogP contribution in [0, 0.1) is 0 Å². The van der Waals surface area contributed by atoms with Gasteiger partial charge < -0.3 is 25.2 Å². The molecule has 1 aliphatic rings. The van der Waals surface area contributed by atoms with Gasteiger partial charge in [-0.25, -0.2) is 0 Å². The summed E-state index contributed by atoms with van der Waals surface area (Å²) >= 11 is 3.07. The number of benzene rings is 1. The molecule has 1 atom stereocenters. The Morgan fingerprint density at radius 1 is 1.07 bits per heavy atom. The van der Waals surface area contributed by atoms with E-state index < -0.39 is 17.9 Å². The summed E-state index contributed by atoms with van der Waals surface area (Å²) in [5.74, 6) is -0.288. The summed E-state index contributed by atoms with van der Waals surface area (Å²) in [7, 11) is 0. The summed E-state index contributed by atoms with van der Waals surface area (Å²) in [5.41, 5.74) is 1.89. The van der Waals surface area contributed by atoms with E-state index in [1.165, 1.54) is 11.3 Å². The zero-order valence-corrected chi connectivity index (χ0v) is 16.8. The van der Waals surface area contributed by atoms with Gasteiger partial charge in [0.05, 0.1) is 0 Å². The zero-order chi connectivity index (χ0) is 20.2. The van der Waals surface area contributed by atoms with Gasteiger partial charge in [-0.15, -0.1) is 11.3 Å². The fourth-order valence-corrected chi connectivity index (χ4v) is 4.50. The van der Waals surface area contributed by atoms with Gasteiger partial charge in [-0.1, -0.05) is 6.07 Å². The lowest BCUT2D eigenvalue weighted by molar-refractivity contribution is -0.139. The standard InChI is InChI=1S/C20H18N2O5S2/c23-14(18-4-3-17(29-18)13-5-6-28-10-13)9-22-20(25)19(24)21-8-12-1-2-15-16(7-12)27-11-26-15/h1-7,10,14,23H,8-9,11H2,(H,21,24)(H,22,25). The van der Waals surface area contributed by atoms with Crippen LogP contribution in [0.1, 0.15) is 16.5 Å². The number of carbonyl (C=O) groups is 2. The lowest BCUT2D eigenvalue weighted by Crippen LogP contribution is -2.41. The summed E-state index contributed by atoms with van der Waals surface area (Å²) < 4.78 is 10.5. The number of fused-ring (bicyclic) bond motifs is 1. The minimum absolute atomic E-state index is 0.0418. The van der Waals surface area contributed by atoms with E-state index in [1.807, 2.05) is 29.0 Å². The van der Waals surface area contributed by atoms with E-state index in [1.54, 1.807) is 29.5 Å². The summed E-state index contributed by atoms with van der Waals surface area (Å²) in [6, 6.07) is 11.1. The van der Waals surface area contributed by atoms with E-state index in [-0.39, 0.29) is 19.9 Å². The quantitative estimate of drug-likeness (QED) is 0.523. The van der Waals surface area contributed by atoms with Gasteiger partial charge in [-0.2, -0.15) is 11.3 Å². The van der Waals surface area contributed by atoms with E-state index in [0.29, 0.717) is 11.5 Å². The molecule has 0 fully saturated rings. The average Bonchev–Trinajstić information content (AvgIpc) is 3.49. The number of carbonyl (C=O) groups excluding carboxylic acids is 2. The maximum Gasteiger partial charge on any atom is 0.309 e. The van der Waals surface area contributed by atoms with E-state index in [9.17, 15) is 14.7 Å². The smallest absolute Gasteiger partial charge is 0.309 e. The lowest BCUT2D eigenvalue weighted by atomic mass is 10.2. The fourth-order valence-electron chi connectivity index (χ4n) is 2.78. The molecule has 3 heterocycles. The normalized spacial score (nSPS) is 13.1. The first-order valence-corrected chi connectivity index (χ1v) is 10.6. The molecule has 0 aliphatic carbocycles. The number of amides is 2. The minimum atomic E-state index is -0.877. The Balaban J connectivity index is 1.25. The van der Waals surface area contributed by atoms with Crippen molar-refractivity contribution in [3.05, 3.63) is 57.6 Å². The second kappa shape index (κ2) is 8.64. The lowest BCUT2D eigenvalue weighted by Gasteiger charge is -2.10. The first-order valence-electron chi connectivity index (χ1n) is 8.85. The van der Waals surface area contributed by atoms with Gasteiger partial charge in [0.25, 0.3) is 0 Å². The predicted molar refractivity (Wildman–Crippen MR) is 110 cm³/mol. The molecule has 150 valence electrons. The molecule has 1 aromatic carbocycles. The third-order valence-corrected chi connectivity index (χ3v) is 6.23. The molecular formula is C20H18N2O5S2. The molecule has 2 amide bonds. The fraction of sp³-hybridized carbons (Fsp3) is 0.200. The van der Waals surface area contributed by atoms with E-state index >= 15 is 0 Å². The van der Waals surface area contributed by atoms with Gasteiger partial charge in [0, 0.05) is 28.4 Å². The number of hydrogen-bond acceptors (Lipinski definition) is 7. The highest BCUT2D eigenvalue weighted by atomic mass is 32.1. The SMILES string of the molecule is O=C(NCc1ccc2c(c1)OCO2)C(=O)NCC(O)c1ccc(-c2ccsc2)s1. The Hall–Kier alpha value is -2.88. The van der Waals surface area contributed by atoms with Crippen molar-refractivity contribution in [1.82, 2.24) is 10.6 Å². The van der Waals surface area contributed by atoms with Gasteiger partial charge in [0.2, 0.25) is 6.79 Å². The molecule has 3 N–H and O–H groups in total. The molecule has 0 saturated heterocycles. The number of rotatable bonds is 6. The van der Waals surface area contributed by atoms with Crippen LogP contribution in [0.3, 0.4) is 0 Å². The van der Waals surface area contributed by atoms with Crippen molar-refractivity contribution in [1.29, 1.82) is 0 Å². The summed E-state index contributed by atoms with van der Waals surface area (Å²) in [5, 5.41) is 19.3. The molecule has 4 rings (SSSR count). The summed E-state index contributed by atoms with van der Waals surface area (Å²) in [6.07, 6.45) is -0.877. The molecule has 0 spiro atoms. The highest BCUT2D eigenvalue weighted by molar-refractivity contribution is 7.16. The molecule has 2 aromatic heterocycles. The van der Waals surface area contributed by atoms with Gasteiger partial charge in [0.15, 0.2) is 11.5 Å². The Morgan fingerprint density at radius 2 is 1.90 bits per heavy atom. The largest absolute Gasteiger partial charge is 0.454 e. The highest BCUT2D eigenvalue weighted by Crippen LogP contribution is 2.33. The zero-order valence-electron chi connectivity index (χ0n) is 15.2. The second-order valence-corrected chi connectivity index (χ2v) is 8.21. The van der Waals surface area contributed by atoms with Gasteiger partial charge in [-0.3, -0.25) is 9.59 Å². The van der Waals surface area contributed by atoms with Crippen molar-refractivity contribution in [3.63, 3.8) is 0 Å². The van der Waals surface area contributed by atoms with Crippen LogP contribution in [0.5, 0.6) is 11.5 Å². The van der Waals surface area contributed by atoms with Crippen LogP contribution in [0.2, 0.25) is 0 Å². The highest BCUT2D eigenvalue weighted by Gasteiger charge is 2.18. The van der Waals surface area contributed by atoms with Crippen LogP contribution >= 0.6 is 22.7 Å². The Kier molecular flexibility index (Phi) is 5.79. The van der Waals surface area contributed by atoms with Crippen LogP contribution in [0.25, 0.3) is 10.4 Å². The molecule has 1 aliphatic heterocycles. The summed E-state index contributed by atoms with van der Waals surface area (Å²) in [4.78, 5) is 25.8. The van der Waals surface area contributed by atoms with Gasteiger partial charge >= 0.3 is 11.8 Å². The van der Waals surface area contributed by atoms with Gasteiger partial charge in [-0.05, 0) is 46.7 Å². The molecular weight excluding hydrogens is 412 g/mol. The molecule has 7 nitrogen and oxygen atoms in total. The van der Waals surface area contributed by atoms with Crippen LogP contribution in [-0.2, 0) is 16.1 Å². The third kappa shape index (κ3) is 4.58. The van der Waals surface area contributed by atoms with E-state index in [4.69, 9.17) is 9.47 Å². The number of hydrogen-bond donors (Lipinski definition) is 3. The topological polar surface area (TPSA) is 96.9 Å². The van der Waals surface area contributed by atoms with E-state index in [0.717, 1.165) is 20.9 Å². The molecule has 0 saturated carbocycles. The summed E-state index contributed by atoms with van der Waals surface area (Å²) in [6.45, 7) is 0.315. The first kappa shape index (κ1) is 19.4. The van der Waals surface area contributed by atoms with Crippen molar-refractivity contribution in [2.24, 2.45) is 0 Å². The van der Waals surface area contributed by atoms with Crippen LogP contribution in [0.4, 0.5) is 0 Å². The van der Waals surface area contributed by atoms with Crippen molar-refractivity contribution in [3.8, 4) is 21.9 Å². The van der Waals surface area contributed by atoms with Gasteiger partial charge in [0.1, 0.15) is 6.10 Å². The monoisotopic (exact) mass is 430 g/mol. The van der Waals surface area contributed by atoms with Crippen molar-refractivity contribution in [2.45, 2.75) is 12.6 Å². The Morgan fingerprint density at radius 3 is 2.72 bits per heavy atom. The Labute approximate surface area is 174 Å². The molecule has 9 heteroatoms. The number of nitrogens with one attached hydrogen (secondary N) is 2. The second-order valence-electron chi connectivity index (χ2n) is 6.31. The molecule has 29 heavy (non-hydrogen) atoms. The van der Waals surface area contributed by atoms with Crippen LogP contribution < -0.4 is 20.1 Å². The Bertz CT molecular complexity index is 1020. The number of ether oxygens (including phenoxy) is 2. The van der Waals surface area contributed by atoms with Crippen molar-refractivity contribution >= 4 is 34.5 Å². The van der Waals surface area contributed by atoms with Crippen molar-refractivity contribution < 1.29 is 24.2 Å². The number of thiophene rings is 2. The predicted octanol–water partition coefficient (Wildman–Crippen LogP) is 2.67. The van der Waals surface area contributed by atoms with Crippen LogP contribution in [0.15, 0.2) is 47.2 Å². The molecule has 3 aromatic rings. The van der Waals surface area contributed by atoms with Crippen molar-refractivity contribution in [2.75, 3.05) is 13.3 Å². The van der Waals surface area contributed by atoms with E-state index in [2.05, 4.69) is 10.6 Å². The number of aliphatic hydroxyl groups excluding tert-OH is 1.